The van der Waals surface area contributed by atoms with Crippen LogP contribution in [0.4, 0.5) is 13.6 Å². The molecule has 0 aromatic heterocycles. The molecule has 22 heavy (non-hydrogen) atoms. The largest absolute Gasteiger partial charge is 0.373 e. The van der Waals surface area contributed by atoms with Crippen molar-refractivity contribution in [1.29, 1.82) is 0 Å². The van der Waals surface area contributed by atoms with Crippen LogP contribution in [0, 0.1) is 11.6 Å². The van der Waals surface area contributed by atoms with Crippen LogP contribution in [0.5, 0.6) is 0 Å². The fraction of sp³-hybridized carbons (Fsp3) is 0.562. The van der Waals surface area contributed by atoms with Gasteiger partial charge in [0.2, 0.25) is 0 Å². The van der Waals surface area contributed by atoms with Crippen LogP contribution in [0.1, 0.15) is 37.7 Å². The lowest BCUT2D eigenvalue weighted by molar-refractivity contribution is 0.0981. The molecule has 2 amide bonds. The number of fused-ring (bicyclic) bond motifs is 2. The molecule has 2 bridgehead atoms. The number of halogens is 2. The molecule has 4 atom stereocenters. The summed E-state index contributed by atoms with van der Waals surface area (Å²) in [4.78, 5) is 11.9. The Morgan fingerprint density at radius 3 is 2.82 bits per heavy atom. The summed E-state index contributed by atoms with van der Waals surface area (Å²) >= 11 is 0. The number of hydrogen-bond acceptors (Lipinski definition) is 2. The second kappa shape index (κ2) is 6.20. The van der Waals surface area contributed by atoms with Gasteiger partial charge in [0.05, 0.1) is 18.2 Å². The fourth-order valence-electron chi connectivity index (χ4n) is 3.19. The SMILES string of the molecule is C[C@H](CNC(=O)N[C@@H]1C[C@H]2CC[C@H]1O2)c1ccc(F)c(F)c1. The highest BCUT2D eigenvalue weighted by Crippen LogP contribution is 2.34. The maximum absolute atomic E-state index is 13.2. The van der Waals surface area contributed by atoms with Gasteiger partial charge in [-0.1, -0.05) is 13.0 Å². The number of carbonyl (C=O) groups is 1. The molecule has 2 N–H and O–H groups in total. The topological polar surface area (TPSA) is 50.4 Å². The minimum atomic E-state index is -0.868. The Hall–Kier alpha value is -1.69. The lowest BCUT2D eigenvalue weighted by atomic mass is 9.96. The molecular formula is C16H20F2N2O2. The van der Waals surface area contributed by atoms with Crippen LogP contribution < -0.4 is 10.6 Å². The van der Waals surface area contributed by atoms with Crippen LogP contribution in [0.25, 0.3) is 0 Å². The second-order valence-corrected chi connectivity index (χ2v) is 6.15. The molecule has 6 heteroatoms. The van der Waals surface area contributed by atoms with Gasteiger partial charge in [-0.2, -0.15) is 0 Å². The molecule has 0 radical (unpaired) electrons. The molecule has 4 nitrogen and oxygen atoms in total. The third-order valence-electron chi connectivity index (χ3n) is 4.50. The molecular weight excluding hydrogens is 290 g/mol. The number of rotatable bonds is 4. The Kier molecular flexibility index (Phi) is 4.29. The van der Waals surface area contributed by atoms with E-state index in [1.54, 1.807) is 0 Å². The Balaban J connectivity index is 1.47. The quantitative estimate of drug-likeness (QED) is 0.898. The molecule has 1 aromatic rings. The van der Waals surface area contributed by atoms with Crippen molar-refractivity contribution in [2.24, 2.45) is 0 Å². The van der Waals surface area contributed by atoms with E-state index in [1.807, 2.05) is 6.92 Å². The first kappa shape index (κ1) is 15.2. The van der Waals surface area contributed by atoms with Crippen LogP contribution in [0.15, 0.2) is 18.2 Å². The van der Waals surface area contributed by atoms with E-state index in [1.165, 1.54) is 12.1 Å². The molecule has 0 unspecified atom stereocenters. The first-order valence-electron chi connectivity index (χ1n) is 7.67. The van der Waals surface area contributed by atoms with E-state index in [2.05, 4.69) is 10.6 Å². The van der Waals surface area contributed by atoms with Crippen molar-refractivity contribution < 1.29 is 18.3 Å². The van der Waals surface area contributed by atoms with Crippen molar-refractivity contribution in [2.45, 2.75) is 50.4 Å². The average molecular weight is 310 g/mol. The van der Waals surface area contributed by atoms with Crippen LogP contribution in [0.3, 0.4) is 0 Å². The zero-order valence-electron chi connectivity index (χ0n) is 12.4. The average Bonchev–Trinajstić information content (AvgIpc) is 3.10. The zero-order chi connectivity index (χ0) is 15.7. The Labute approximate surface area is 128 Å². The van der Waals surface area contributed by atoms with E-state index >= 15 is 0 Å². The predicted octanol–water partition coefficient (Wildman–Crippen LogP) is 2.69. The number of carbonyl (C=O) groups excluding carboxylic acids is 1. The molecule has 2 fully saturated rings. The normalized spacial score (nSPS) is 27.7. The number of ether oxygens (including phenoxy) is 1. The van der Waals surface area contributed by atoms with E-state index in [0.29, 0.717) is 12.1 Å². The third kappa shape index (κ3) is 3.21. The first-order valence-corrected chi connectivity index (χ1v) is 7.67. The number of nitrogens with one attached hydrogen (secondary N) is 2. The summed E-state index contributed by atoms with van der Waals surface area (Å²) in [6.45, 7) is 2.21. The molecule has 2 aliphatic heterocycles. The Bertz CT molecular complexity index is 567. The van der Waals surface area contributed by atoms with Gasteiger partial charge in [0.1, 0.15) is 0 Å². The summed E-state index contributed by atoms with van der Waals surface area (Å²) in [5.74, 6) is -1.83. The summed E-state index contributed by atoms with van der Waals surface area (Å²) in [5, 5.41) is 5.71. The van der Waals surface area contributed by atoms with E-state index < -0.39 is 11.6 Å². The maximum atomic E-state index is 13.2. The highest BCUT2D eigenvalue weighted by Gasteiger charge is 2.41. The first-order chi connectivity index (χ1) is 10.5. The highest BCUT2D eigenvalue weighted by molar-refractivity contribution is 5.74. The van der Waals surface area contributed by atoms with E-state index in [0.717, 1.165) is 25.3 Å². The van der Waals surface area contributed by atoms with Crippen LogP contribution >= 0.6 is 0 Å². The smallest absolute Gasteiger partial charge is 0.315 e. The molecule has 0 saturated carbocycles. The number of hydrogen-bond donors (Lipinski definition) is 2. The Morgan fingerprint density at radius 1 is 1.36 bits per heavy atom. The van der Waals surface area contributed by atoms with Gasteiger partial charge in [-0.25, -0.2) is 13.6 Å². The fourth-order valence-corrected chi connectivity index (χ4v) is 3.19. The van der Waals surface area contributed by atoms with Crippen molar-refractivity contribution in [3.05, 3.63) is 35.4 Å². The molecule has 2 aliphatic rings. The molecule has 2 saturated heterocycles. The van der Waals surface area contributed by atoms with Gasteiger partial charge < -0.3 is 15.4 Å². The van der Waals surface area contributed by atoms with Crippen molar-refractivity contribution in [2.75, 3.05) is 6.54 Å². The number of benzene rings is 1. The molecule has 0 aliphatic carbocycles. The summed E-state index contributed by atoms with van der Waals surface area (Å²) in [7, 11) is 0. The van der Waals surface area contributed by atoms with Crippen LogP contribution in [-0.2, 0) is 4.74 Å². The van der Waals surface area contributed by atoms with Gasteiger partial charge >= 0.3 is 6.03 Å². The number of amides is 2. The standard InChI is InChI=1S/C16H20F2N2O2/c1-9(10-2-4-12(17)13(18)6-10)8-19-16(21)20-14-7-11-3-5-15(14)22-11/h2,4,6,9,11,14-15H,3,5,7-8H2,1H3,(H2,19,20,21)/t9-,11-,14-,15-/m1/s1. The summed E-state index contributed by atoms with van der Waals surface area (Å²) in [5.41, 5.74) is 0.655. The summed E-state index contributed by atoms with van der Waals surface area (Å²) in [6, 6.07) is 3.65. The molecule has 3 rings (SSSR count). The molecule has 0 spiro atoms. The zero-order valence-corrected chi connectivity index (χ0v) is 12.4. The monoisotopic (exact) mass is 310 g/mol. The van der Waals surface area contributed by atoms with Crippen molar-refractivity contribution in [3.8, 4) is 0 Å². The van der Waals surface area contributed by atoms with Crippen molar-refractivity contribution >= 4 is 6.03 Å². The predicted molar refractivity (Wildman–Crippen MR) is 77.6 cm³/mol. The van der Waals surface area contributed by atoms with Gasteiger partial charge in [0.25, 0.3) is 0 Å². The second-order valence-electron chi connectivity index (χ2n) is 6.15. The third-order valence-corrected chi connectivity index (χ3v) is 4.50. The van der Waals surface area contributed by atoms with Crippen LogP contribution in [-0.4, -0.2) is 30.8 Å². The highest BCUT2D eigenvalue weighted by atomic mass is 19.2. The van der Waals surface area contributed by atoms with Gasteiger partial charge in [-0.05, 0) is 42.9 Å². The van der Waals surface area contributed by atoms with Gasteiger partial charge in [0.15, 0.2) is 11.6 Å². The summed E-state index contributed by atoms with van der Waals surface area (Å²) < 4.78 is 31.8. The number of urea groups is 1. The summed E-state index contributed by atoms with van der Waals surface area (Å²) in [6.07, 6.45) is 3.38. The molecule has 120 valence electrons. The minimum absolute atomic E-state index is 0.0809. The Morgan fingerprint density at radius 2 is 2.18 bits per heavy atom. The van der Waals surface area contributed by atoms with Gasteiger partial charge in [-0.3, -0.25) is 0 Å². The van der Waals surface area contributed by atoms with Crippen molar-refractivity contribution in [3.63, 3.8) is 0 Å². The lowest BCUT2D eigenvalue weighted by Crippen LogP contribution is -2.47. The minimum Gasteiger partial charge on any atom is -0.373 e. The molecule has 2 heterocycles. The van der Waals surface area contributed by atoms with Gasteiger partial charge in [-0.15, -0.1) is 0 Å². The van der Waals surface area contributed by atoms with E-state index in [4.69, 9.17) is 4.74 Å². The van der Waals surface area contributed by atoms with Crippen molar-refractivity contribution in [1.82, 2.24) is 10.6 Å². The lowest BCUT2D eigenvalue weighted by Gasteiger charge is -2.21. The van der Waals surface area contributed by atoms with E-state index in [9.17, 15) is 13.6 Å². The van der Waals surface area contributed by atoms with Crippen LogP contribution in [0.2, 0.25) is 0 Å². The molecule has 1 aromatic carbocycles. The van der Waals surface area contributed by atoms with E-state index in [-0.39, 0.29) is 30.2 Å². The van der Waals surface area contributed by atoms with Gasteiger partial charge in [0, 0.05) is 6.54 Å². The maximum Gasteiger partial charge on any atom is 0.315 e.